The molecule has 5 heteroatoms. The number of rotatable bonds is 4. The molecule has 0 aliphatic rings. The maximum Gasteiger partial charge on any atom is 0.235 e. The molecule has 238 valence electrons. The van der Waals surface area contributed by atoms with Gasteiger partial charge in [-0.25, -0.2) is 9.97 Å². The van der Waals surface area contributed by atoms with Gasteiger partial charge in [0.15, 0.2) is 0 Å². The van der Waals surface area contributed by atoms with E-state index in [9.17, 15) is 0 Å². The molecule has 11 aromatic rings. The molecule has 0 fully saturated rings. The zero-order valence-electron chi connectivity index (χ0n) is 27.4. The first-order valence-corrected chi connectivity index (χ1v) is 18.0. The summed E-state index contributed by atoms with van der Waals surface area (Å²) in [7, 11) is 0. The van der Waals surface area contributed by atoms with Gasteiger partial charge in [-0.3, -0.25) is 4.57 Å². The van der Waals surface area contributed by atoms with E-state index in [1.54, 1.807) is 11.3 Å². The molecule has 11 rings (SSSR count). The Morgan fingerprint density at radius 2 is 0.980 bits per heavy atom. The van der Waals surface area contributed by atoms with Crippen LogP contribution in [-0.4, -0.2) is 19.1 Å². The number of hydrogen-bond donors (Lipinski definition) is 0. The van der Waals surface area contributed by atoms with Crippen molar-refractivity contribution in [1.29, 1.82) is 0 Å². The summed E-state index contributed by atoms with van der Waals surface area (Å²) in [5.41, 5.74) is 11.1. The molecule has 51 heavy (non-hydrogen) atoms. The fourth-order valence-corrected chi connectivity index (χ4v) is 9.00. The minimum absolute atomic E-state index is 0.678. The Morgan fingerprint density at radius 1 is 0.392 bits per heavy atom. The topological polar surface area (TPSA) is 35.6 Å². The van der Waals surface area contributed by atoms with E-state index in [4.69, 9.17) is 9.97 Å². The maximum absolute atomic E-state index is 5.34. The second-order valence-electron chi connectivity index (χ2n) is 13.0. The average Bonchev–Trinajstić information content (AvgIpc) is 3.85. The summed E-state index contributed by atoms with van der Waals surface area (Å²) < 4.78 is 6.94. The third kappa shape index (κ3) is 4.25. The van der Waals surface area contributed by atoms with Gasteiger partial charge < -0.3 is 4.57 Å². The molecule has 0 saturated carbocycles. The Bertz CT molecular complexity index is 3130. The van der Waals surface area contributed by atoms with E-state index in [2.05, 4.69) is 179 Å². The van der Waals surface area contributed by atoms with Crippen LogP contribution < -0.4 is 0 Å². The highest BCUT2D eigenvalue weighted by Crippen LogP contribution is 2.41. The number of para-hydroxylation sites is 3. The predicted octanol–water partition coefficient (Wildman–Crippen LogP) is 12.4. The summed E-state index contributed by atoms with van der Waals surface area (Å²) in [6.07, 6.45) is 0. The smallest absolute Gasteiger partial charge is 0.235 e. The van der Waals surface area contributed by atoms with E-state index in [-0.39, 0.29) is 0 Å². The average molecular weight is 669 g/mol. The van der Waals surface area contributed by atoms with E-state index < -0.39 is 0 Å². The summed E-state index contributed by atoms with van der Waals surface area (Å²) in [6.45, 7) is 0. The number of benzene rings is 7. The molecule has 4 nitrogen and oxygen atoms in total. The summed E-state index contributed by atoms with van der Waals surface area (Å²) in [4.78, 5) is 10.7. The van der Waals surface area contributed by atoms with Crippen LogP contribution in [0, 0.1) is 0 Å². The van der Waals surface area contributed by atoms with Crippen LogP contribution >= 0.6 is 11.3 Å². The van der Waals surface area contributed by atoms with E-state index in [0.717, 1.165) is 43.6 Å². The maximum atomic E-state index is 5.34. The molecule has 0 aliphatic carbocycles. The lowest BCUT2D eigenvalue weighted by atomic mass is 10.0. The van der Waals surface area contributed by atoms with Crippen molar-refractivity contribution in [3.8, 4) is 34.0 Å². The first-order chi connectivity index (χ1) is 25.3. The zero-order valence-corrected chi connectivity index (χ0v) is 28.2. The monoisotopic (exact) mass is 668 g/mol. The highest BCUT2D eigenvalue weighted by Gasteiger charge is 2.20. The molecule has 0 saturated heterocycles. The molecule has 0 amide bonds. The van der Waals surface area contributed by atoms with Crippen molar-refractivity contribution < 1.29 is 0 Å². The third-order valence-electron chi connectivity index (χ3n) is 10.1. The molecule has 4 aromatic heterocycles. The molecule has 0 radical (unpaired) electrons. The van der Waals surface area contributed by atoms with E-state index >= 15 is 0 Å². The second-order valence-corrected chi connectivity index (χ2v) is 14.1. The molecule has 0 aliphatic heterocycles. The molecular formula is C46H28N4S. The van der Waals surface area contributed by atoms with Crippen LogP contribution in [0.3, 0.4) is 0 Å². The fourth-order valence-electron chi connectivity index (χ4n) is 7.84. The summed E-state index contributed by atoms with van der Waals surface area (Å²) >= 11 is 1.76. The van der Waals surface area contributed by atoms with Crippen molar-refractivity contribution in [2.24, 2.45) is 0 Å². The predicted molar refractivity (Wildman–Crippen MR) is 214 cm³/mol. The molecular weight excluding hydrogens is 641 g/mol. The van der Waals surface area contributed by atoms with Crippen molar-refractivity contribution in [3.63, 3.8) is 0 Å². The van der Waals surface area contributed by atoms with Gasteiger partial charge in [-0.1, -0.05) is 121 Å². The molecule has 0 atom stereocenters. The zero-order chi connectivity index (χ0) is 33.5. The first kappa shape index (κ1) is 28.3. The van der Waals surface area contributed by atoms with Gasteiger partial charge in [-0.15, -0.1) is 11.3 Å². The number of nitrogens with zero attached hydrogens (tertiary/aromatic N) is 4. The molecule has 7 aromatic carbocycles. The Morgan fingerprint density at radius 3 is 1.78 bits per heavy atom. The van der Waals surface area contributed by atoms with Crippen LogP contribution in [0.15, 0.2) is 170 Å². The van der Waals surface area contributed by atoms with Gasteiger partial charge in [0.1, 0.15) is 0 Å². The highest BCUT2D eigenvalue weighted by molar-refractivity contribution is 7.26. The summed E-state index contributed by atoms with van der Waals surface area (Å²) in [5, 5.41) is 6.01. The van der Waals surface area contributed by atoms with Gasteiger partial charge in [-0.2, -0.15) is 0 Å². The SMILES string of the molecule is c1ccc(-c2nc(-n3c4ccccc4c4cc(-c5ccc6c7ccccc7n(-c7ccccc7)c6c5)ccc43)nc3c2sc2ccccc23)cc1. The standard InChI is InChI=1S/C46H28N4S/c1-3-13-29(14-4-1)43-45-44(36-19-9-12-22-42(36)51-45)48-46(47-43)50-39-21-11-8-18-34(39)37-27-30(24-26-40(37)50)31-23-25-35-33-17-7-10-20-38(33)49(41(35)28-31)32-15-5-2-6-16-32/h1-28H. The first-order valence-electron chi connectivity index (χ1n) is 17.2. The van der Waals surface area contributed by atoms with E-state index in [0.29, 0.717) is 5.95 Å². The van der Waals surface area contributed by atoms with Crippen LogP contribution in [0.2, 0.25) is 0 Å². The summed E-state index contributed by atoms with van der Waals surface area (Å²) in [6, 6.07) is 60.7. The molecule has 4 heterocycles. The van der Waals surface area contributed by atoms with Crippen molar-refractivity contribution in [2.75, 3.05) is 0 Å². The van der Waals surface area contributed by atoms with Gasteiger partial charge in [0.2, 0.25) is 5.95 Å². The Labute approximate surface area is 297 Å². The van der Waals surface area contributed by atoms with Crippen LogP contribution in [0.25, 0.3) is 97.9 Å². The number of aromatic nitrogens is 4. The Balaban J connectivity index is 1.15. The van der Waals surface area contributed by atoms with Crippen molar-refractivity contribution in [3.05, 3.63) is 170 Å². The largest absolute Gasteiger partial charge is 0.309 e. The van der Waals surface area contributed by atoms with Gasteiger partial charge >= 0.3 is 0 Å². The van der Waals surface area contributed by atoms with Gasteiger partial charge in [-0.05, 0) is 59.7 Å². The number of thiophene rings is 1. The lowest BCUT2D eigenvalue weighted by Gasteiger charge is -2.11. The van der Waals surface area contributed by atoms with E-state index in [1.165, 1.54) is 48.4 Å². The van der Waals surface area contributed by atoms with Crippen molar-refractivity contribution >= 4 is 75.3 Å². The van der Waals surface area contributed by atoms with E-state index in [1.807, 2.05) is 0 Å². The number of fused-ring (bicyclic) bond motifs is 9. The van der Waals surface area contributed by atoms with Gasteiger partial charge in [0, 0.05) is 42.9 Å². The van der Waals surface area contributed by atoms with Crippen LogP contribution in [0.4, 0.5) is 0 Å². The molecule has 0 bridgehead atoms. The minimum atomic E-state index is 0.678. The highest BCUT2D eigenvalue weighted by atomic mass is 32.1. The van der Waals surface area contributed by atoms with Crippen LogP contribution in [0.5, 0.6) is 0 Å². The van der Waals surface area contributed by atoms with Crippen LogP contribution in [0.1, 0.15) is 0 Å². The molecule has 0 N–H and O–H groups in total. The Hall–Kier alpha value is -6.56. The summed E-state index contributed by atoms with van der Waals surface area (Å²) in [5.74, 6) is 0.678. The molecule has 0 spiro atoms. The lowest BCUT2D eigenvalue weighted by molar-refractivity contribution is 1.02. The number of hydrogen-bond acceptors (Lipinski definition) is 3. The normalized spacial score (nSPS) is 11.9. The third-order valence-corrected chi connectivity index (χ3v) is 11.3. The van der Waals surface area contributed by atoms with Gasteiger partial charge in [0.25, 0.3) is 0 Å². The van der Waals surface area contributed by atoms with Crippen molar-refractivity contribution in [1.82, 2.24) is 19.1 Å². The van der Waals surface area contributed by atoms with Gasteiger partial charge in [0.05, 0.1) is 38.0 Å². The van der Waals surface area contributed by atoms with Crippen LogP contribution in [-0.2, 0) is 0 Å². The minimum Gasteiger partial charge on any atom is -0.309 e. The second kappa shape index (κ2) is 11.0. The fraction of sp³-hybridized carbons (Fsp3) is 0. The van der Waals surface area contributed by atoms with Crippen molar-refractivity contribution in [2.45, 2.75) is 0 Å². The quantitative estimate of drug-likeness (QED) is 0.187. The lowest BCUT2D eigenvalue weighted by Crippen LogP contribution is -2.02. The molecule has 0 unspecified atom stereocenters. The Kier molecular flexibility index (Phi) is 6.09.